The number of nitrogens with zero attached hydrogens (tertiary/aromatic N) is 5. The average Bonchev–Trinajstić information content (AvgIpc) is 3.57. The van der Waals surface area contributed by atoms with Crippen LogP contribution in [0.5, 0.6) is 0 Å². The van der Waals surface area contributed by atoms with Gasteiger partial charge in [-0.3, -0.25) is 0 Å². The van der Waals surface area contributed by atoms with E-state index in [1.165, 1.54) is 11.1 Å². The summed E-state index contributed by atoms with van der Waals surface area (Å²) >= 11 is 0. The number of hydrogen-bond acceptors (Lipinski definition) is 5. The molecule has 0 N–H and O–H groups in total. The zero-order chi connectivity index (χ0) is 41.3. The van der Waals surface area contributed by atoms with Crippen LogP contribution in [0, 0.1) is 0 Å². The summed E-state index contributed by atoms with van der Waals surface area (Å²) in [6.07, 6.45) is 2.17. The Balaban J connectivity index is 1.09. The highest BCUT2D eigenvalue weighted by Crippen LogP contribution is 2.55. The molecule has 5 nitrogen and oxygen atoms in total. The Bertz CT molecular complexity index is 3050. The molecule has 7 aromatic carbocycles. The monoisotopic (exact) mass is 783 g/mol. The second-order valence-corrected chi connectivity index (χ2v) is 15.4. The molecule has 2 heterocycles. The van der Waals surface area contributed by atoms with Gasteiger partial charge in [0.2, 0.25) is 0 Å². The standard InChI is InChI=1S/C56H41N5/c1-4-46-37(2)56(3,45-30-15-8-16-31-45)48-33-19-32-47(51(46)48)55-60-53(40-24-13-7-14-25-40)59-54(61-55)44-29-18-27-42(35-44)41-26-17-28-43(34-41)50-36-49(38-20-9-5-10-21-38)57-52(58-50)39-22-11-6-12-23-39/h4-36H,2H2,1,3H3/b46-4+. The summed E-state index contributed by atoms with van der Waals surface area (Å²) in [6.45, 7) is 9.04. The average molecular weight is 784 g/mol. The lowest BCUT2D eigenvalue weighted by atomic mass is 9.74. The molecule has 0 saturated heterocycles. The summed E-state index contributed by atoms with van der Waals surface area (Å²) in [5.41, 5.74) is 14.8. The number of rotatable bonds is 8. The predicted molar refractivity (Wildman–Crippen MR) is 249 cm³/mol. The van der Waals surface area contributed by atoms with Crippen LogP contribution in [0.25, 0.3) is 84.8 Å². The van der Waals surface area contributed by atoms with Gasteiger partial charge in [-0.2, -0.15) is 0 Å². The van der Waals surface area contributed by atoms with Crippen molar-refractivity contribution >= 4 is 5.57 Å². The molecule has 10 rings (SSSR count). The second-order valence-electron chi connectivity index (χ2n) is 15.4. The normalized spacial score (nSPS) is 15.2. The summed E-state index contributed by atoms with van der Waals surface area (Å²) in [5.74, 6) is 2.51. The van der Waals surface area contributed by atoms with Gasteiger partial charge in [0.15, 0.2) is 23.3 Å². The molecule has 1 unspecified atom stereocenters. The first-order chi connectivity index (χ1) is 30.0. The van der Waals surface area contributed by atoms with Crippen LogP contribution in [-0.2, 0) is 5.41 Å². The maximum atomic E-state index is 5.27. The SMILES string of the molecule is C=C1/C(=C\C)c2c(-c3nc(-c4ccccc4)nc(-c4cccc(-c5cccc(-c6cc(-c7ccccc7)nc(-c7ccccc7)n6)c5)c4)n3)cccc2C1(C)c1ccccc1. The third-order valence-corrected chi connectivity index (χ3v) is 11.8. The van der Waals surface area contributed by atoms with E-state index in [-0.39, 0.29) is 0 Å². The highest BCUT2D eigenvalue weighted by molar-refractivity contribution is 5.97. The highest BCUT2D eigenvalue weighted by Gasteiger charge is 2.43. The quantitative estimate of drug-likeness (QED) is 0.154. The lowest BCUT2D eigenvalue weighted by Crippen LogP contribution is -2.21. The van der Waals surface area contributed by atoms with Crippen LogP contribution in [0.2, 0.25) is 0 Å². The number of allylic oxidation sites excluding steroid dienone is 3. The number of hydrogen-bond donors (Lipinski definition) is 0. The van der Waals surface area contributed by atoms with Gasteiger partial charge in [-0.1, -0.05) is 189 Å². The van der Waals surface area contributed by atoms with Crippen molar-refractivity contribution in [3.8, 4) is 79.2 Å². The van der Waals surface area contributed by atoms with Crippen molar-refractivity contribution in [1.29, 1.82) is 0 Å². The van der Waals surface area contributed by atoms with Crippen molar-refractivity contribution in [2.24, 2.45) is 0 Å². The molecule has 0 saturated carbocycles. The molecule has 1 aliphatic rings. The fourth-order valence-corrected chi connectivity index (χ4v) is 8.55. The van der Waals surface area contributed by atoms with Crippen LogP contribution in [0.1, 0.15) is 30.5 Å². The lowest BCUT2D eigenvalue weighted by molar-refractivity contribution is 0.717. The minimum absolute atomic E-state index is 0.409. The number of fused-ring (bicyclic) bond motifs is 1. The van der Waals surface area contributed by atoms with Crippen molar-refractivity contribution < 1.29 is 0 Å². The van der Waals surface area contributed by atoms with Crippen molar-refractivity contribution in [1.82, 2.24) is 24.9 Å². The fourth-order valence-electron chi connectivity index (χ4n) is 8.55. The Labute approximate surface area is 356 Å². The number of aromatic nitrogens is 5. The van der Waals surface area contributed by atoms with Crippen LogP contribution < -0.4 is 0 Å². The zero-order valence-electron chi connectivity index (χ0n) is 34.0. The van der Waals surface area contributed by atoms with Gasteiger partial charge in [0.25, 0.3) is 0 Å². The van der Waals surface area contributed by atoms with E-state index in [0.717, 1.165) is 72.6 Å². The summed E-state index contributed by atoms with van der Waals surface area (Å²) in [5, 5.41) is 0. The predicted octanol–water partition coefficient (Wildman–Crippen LogP) is 13.6. The number of benzene rings is 7. The van der Waals surface area contributed by atoms with E-state index < -0.39 is 5.41 Å². The zero-order valence-corrected chi connectivity index (χ0v) is 34.0. The molecule has 0 fully saturated rings. The van der Waals surface area contributed by atoms with Gasteiger partial charge in [0, 0.05) is 38.8 Å². The van der Waals surface area contributed by atoms with Crippen molar-refractivity contribution in [2.45, 2.75) is 19.3 Å². The van der Waals surface area contributed by atoms with Crippen LogP contribution in [0.3, 0.4) is 0 Å². The van der Waals surface area contributed by atoms with Crippen LogP contribution in [-0.4, -0.2) is 24.9 Å². The third-order valence-electron chi connectivity index (χ3n) is 11.8. The minimum atomic E-state index is -0.409. The molecule has 0 amide bonds. The molecule has 0 aliphatic heterocycles. The Kier molecular flexibility index (Phi) is 9.62. The molecule has 9 aromatic rings. The second kappa shape index (κ2) is 15.7. The molecule has 0 spiro atoms. The fraction of sp³-hybridized carbons (Fsp3) is 0.0536. The maximum Gasteiger partial charge on any atom is 0.164 e. The Morgan fingerprint density at radius 2 is 0.852 bits per heavy atom. The molecular weight excluding hydrogens is 743 g/mol. The molecular formula is C56H41N5. The summed E-state index contributed by atoms with van der Waals surface area (Å²) in [4.78, 5) is 25.7. The summed E-state index contributed by atoms with van der Waals surface area (Å²) in [6, 6.07) is 66.7. The van der Waals surface area contributed by atoms with Gasteiger partial charge in [-0.25, -0.2) is 24.9 Å². The first-order valence-corrected chi connectivity index (χ1v) is 20.6. The Hall–Kier alpha value is -7.89. The van der Waals surface area contributed by atoms with E-state index >= 15 is 0 Å². The molecule has 61 heavy (non-hydrogen) atoms. The molecule has 0 radical (unpaired) electrons. The lowest BCUT2D eigenvalue weighted by Gasteiger charge is -2.28. The van der Waals surface area contributed by atoms with E-state index in [1.54, 1.807) is 0 Å². The van der Waals surface area contributed by atoms with Gasteiger partial charge in [-0.05, 0) is 71.0 Å². The first-order valence-electron chi connectivity index (χ1n) is 20.6. The molecule has 2 aromatic heterocycles. The topological polar surface area (TPSA) is 64.5 Å². The van der Waals surface area contributed by atoms with Crippen molar-refractivity contribution in [2.75, 3.05) is 0 Å². The third kappa shape index (κ3) is 6.86. The van der Waals surface area contributed by atoms with E-state index in [9.17, 15) is 0 Å². The van der Waals surface area contributed by atoms with Gasteiger partial charge in [0.05, 0.1) is 11.4 Å². The molecule has 1 atom stereocenters. The van der Waals surface area contributed by atoms with Gasteiger partial charge < -0.3 is 0 Å². The Morgan fingerprint density at radius 1 is 0.410 bits per heavy atom. The molecule has 1 aliphatic carbocycles. The van der Waals surface area contributed by atoms with Crippen LogP contribution >= 0.6 is 0 Å². The summed E-state index contributed by atoms with van der Waals surface area (Å²) < 4.78 is 0. The highest BCUT2D eigenvalue weighted by atomic mass is 15.0. The van der Waals surface area contributed by atoms with E-state index in [1.807, 2.05) is 66.7 Å². The maximum absolute atomic E-state index is 5.27. The van der Waals surface area contributed by atoms with Crippen LogP contribution in [0.4, 0.5) is 0 Å². The van der Waals surface area contributed by atoms with Crippen LogP contribution in [0.15, 0.2) is 212 Å². The van der Waals surface area contributed by atoms with Gasteiger partial charge in [0.1, 0.15) is 0 Å². The summed E-state index contributed by atoms with van der Waals surface area (Å²) in [7, 11) is 0. The molecule has 0 bridgehead atoms. The van der Waals surface area contributed by atoms with E-state index in [0.29, 0.717) is 23.3 Å². The molecule has 5 heteroatoms. The van der Waals surface area contributed by atoms with Gasteiger partial charge >= 0.3 is 0 Å². The van der Waals surface area contributed by atoms with E-state index in [2.05, 4.69) is 154 Å². The first kappa shape index (κ1) is 37.4. The largest absolute Gasteiger partial charge is 0.228 e. The smallest absolute Gasteiger partial charge is 0.164 e. The van der Waals surface area contributed by atoms with Crippen molar-refractivity contribution in [3.63, 3.8) is 0 Å². The Morgan fingerprint density at radius 3 is 1.46 bits per heavy atom. The van der Waals surface area contributed by atoms with E-state index in [4.69, 9.17) is 24.9 Å². The van der Waals surface area contributed by atoms with Gasteiger partial charge in [-0.15, -0.1) is 0 Å². The molecule has 290 valence electrons. The van der Waals surface area contributed by atoms with Crippen molar-refractivity contribution in [3.05, 3.63) is 229 Å². The minimum Gasteiger partial charge on any atom is -0.228 e.